The van der Waals surface area contributed by atoms with Gasteiger partial charge in [-0.2, -0.15) is 0 Å². The Bertz CT molecular complexity index is 564. The summed E-state index contributed by atoms with van der Waals surface area (Å²) >= 11 is 0. The molecule has 5 heteroatoms. The molecule has 0 spiro atoms. The minimum Gasteiger partial charge on any atom is -0.494 e. The van der Waals surface area contributed by atoms with Gasteiger partial charge >= 0.3 is 0 Å². The van der Waals surface area contributed by atoms with Crippen molar-refractivity contribution in [1.29, 1.82) is 0 Å². The molecule has 2 bridgehead atoms. The number of hydrogen-bond donors (Lipinski definition) is 2. The van der Waals surface area contributed by atoms with E-state index < -0.39 is 5.82 Å². The van der Waals surface area contributed by atoms with Crippen LogP contribution in [0.2, 0.25) is 0 Å². The van der Waals surface area contributed by atoms with Crippen molar-refractivity contribution < 1.29 is 13.9 Å². The van der Waals surface area contributed by atoms with E-state index in [0.717, 1.165) is 31.2 Å². The average Bonchev–Trinajstić information content (AvgIpc) is 2.52. The van der Waals surface area contributed by atoms with Crippen LogP contribution in [0.5, 0.6) is 5.75 Å². The zero-order valence-electron chi connectivity index (χ0n) is 13.6. The van der Waals surface area contributed by atoms with Crippen molar-refractivity contribution in [2.75, 3.05) is 7.11 Å². The number of halogens is 1. The number of fused-ring (bicyclic) bond motifs is 2. The first-order chi connectivity index (χ1) is 11.1. The van der Waals surface area contributed by atoms with E-state index in [1.54, 1.807) is 12.1 Å². The topological polar surface area (TPSA) is 64.3 Å². The largest absolute Gasteiger partial charge is 0.494 e. The van der Waals surface area contributed by atoms with Gasteiger partial charge in [-0.25, -0.2) is 4.39 Å². The van der Waals surface area contributed by atoms with Gasteiger partial charge < -0.3 is 15.8 Å². The van der Waals surface area contributed by atoms with Crippen LogP contribution in [0.25, 0.3) is 0 Å². The number of methoxy groups -OCH3 is 1. The van der Waals surface area contributed by atoms with Gasteiger partial charge in [0, 0.05) is 18.5 Å². The summed E-state index contributed by atoms with van der Waals surface area (Å²) in [5.74, 6) is 0.901. The maximum absolute atomic E-state index is 13.7. The van der Waals surface area contributed by atoms with Crippen LogP contribution in [-0.2, 0) is 11.3 Å². The standard InChI is InChI=1S/C18H25FN2O2/c1-23-16-6-5-11(7-15(16)19)10-21-18(22)14-8-12-3-2-4-13(9-14)17(12)20/h5-7,12-14,17H,2-4,8-10,20H2,1H3,(H,21,22). The lowest BCUT2D eigenvalue weighted by molar-refractivity contribution is -0.128. The third-order valence-electron chi connectivity index (χ3n) is 5.47. The zero-order chi connectivity index (χ0) is 16.4. The molecule has 0 radical (unpaired) electrons. The van der Waals surface area contributed by atoms with Gasteiger partial charge in [0.15, 0.2) is 11.6 Å². The highest BCUT2D eigenvalue weighted by atomic mass is 19.1. The Balaban J connectivity index is 1.56. The average molecular weight is 320 g/mol. The maximum atomic E-state index is 13.7. The fraction of sp³-hybridized carbons (Fsp3) is 0.611. The van der Waals surface area contributed by atoms with Gasteiger partial charge in [-0.3, -0.25) is 4.79 Å². The normalized spacial score (nSPS) is 29.9. The van der Waals surface area contributed by atoms with E-state index in [1.165, 1.54) is 19.6 Å². The molecule has 1 amide bonds. The molecule has 2 aliphatic rings. The first-order valence-electron chi connectivity index (χ1n) is 8.44. The molecular weight excluding hydrogens is 295 g/mol. The SMILES string of the molecule is COc1ccc(CNC(=O)C2CC3CCCC(C2)C3N)cc1F. The molecule has 0 heterocycles. The highest BCUT2D eigenvalue weighted by Gasteiger charge is 2.40. The van der Waals surface area contributed by atoms with Crippen LogP contribution in [0.1, 0.15) is 37.7 Å². The Morgan fingerprint density at radius 2 is 2.04 bits per heavy atom. The molecule has 1 aromatic carbocycles. The molecular formula is C18H25FN2O2. The van der Waals surface area contributed by atoms with E-state index in [-0.39, 0.29) is 23.6 Å². The number of nitrogens with one attached hydrogen (secondary N) is 1. The van der Waals surface area contributed by atoms with Gasteiger partial charge in [0.1, 0.15) is 0 Å². The van der Waals surface area contributed by atoms with E-state index in [1.807, 2.05) is 0 Å². The molecule has 0 aliphatic heterocycles. The van der Waals surface area contributed by atoms with Crippen molar-refractivity contribution in [3.8, 4) is 5.75 Å². The van der Waals surface area contributed by atoms with Crippen LogP contribution in [0.15, 0.2) is 18.2 Å². The second kappa shape index (κ2) is 6.87. The molecule has 2 saturated carbocycles. The Labute approximate surface area is 136 Å². The number of nitrogens with two attached hydrogens (primary N) is 1. The smallest absolute Gasteiger partial charge is 0.223 e. The van der Waals surface area contributed by atoms with E-state index in [0.29, 0.717) is 18.4 Å². The lowest BCUT2D eigenvalue weighted by Crippen LogP contribution is -2.49. The number of rotatable bonds is 4. The quantitative estimate of drug-likeness (QED) is 0.896. The molecule has 2 aliphatic carbocycles. The van der Waals surface area contributed by atoms with Crippen molar-refractivity contribution >= 4 is 5.91 Å². The van der Waals surface area contributed by atoms with Crippen molar-refractivity contribution in [2.24, 2.45) is 23.5 Å². The predicted octanol–water partition coefficient (Wildman–Crippen LogP) is 2.60. The van der Waals surface area contributed by atoms with E-state index in [4.69, 9.17) is 10.5 Å². The highest BCUT2D eigenvalue weighted by molar-refractivity contribution is 5.78. The fourth-order valence-corrected chi connectivity index (χ4v) is 4.16. The summed E-state index contributed by atoms with van der Waals surface area (Å²) in [6, 6.07) is 5.03. The minimum absolute atomic E-state index is 0.0493. The van der Waals surface area contributed by atoms with Crippen LogP contribution < -0.4 is 15.8 Å². The van der Waals surface area contributed by atoms with Gasteiger partial charge in [-0.15, -0.1) is 0 Å². The third-order valence-corrected chi connectivity index (χ3v) is 5.47. The van der Waals surface area contributed by atoms with Crippen molar-refractivity contribution in [3.05, 3.63) is 29.6 Å². The van der Waals surface area contributed by atoms with Crippen LogP contribution in [0.4, 0.5) is 4.39 Å². The minimum atomic E-state index is -0.405. The summed E-state index contributed by atoms with van der Waals surface area (Å²) in [6.07, 6.45) is 5.31. The van der Waals surface area contributed by atoms with Crippen LogP contribution in [-0.4, -0.2) is 19.1 Å². The Morgan fingerprint density at radius 1 is 1.35 bits per heavy atom. The van der Waals surface area contributed by atoms with Gasteiger partial charge in [0.05, 0.1) is 7.11 Å². The van der Waals surface area contributed by atoms with Crippen molar-refractivity contribution in [3.63, 3.8) is 0 Å². The Morgan fingerprint density at radius 3 is 2.65 bits per heavy atom. The monoisotopic (exact) mass is 320 g/mol. The van der Waals surface area contributed by atoms with Crippen LogP contribution in [0.3, 0.4) is 0 Å². The van der Waals surface area contributed by atoms with E-state index >= 15 is 0 Å². The molecule has 0 aromatic heterocycles. The first-order valence-corrected chi connectivity index (χ1v) is 8.44. The number of benzene rings is 1. The summed E-state index contributed by atoms with van der Waals surface area (Å²) in [6.45, 7) is 0.345. The Hall–Kier alpha value is -1.62. The van der Waals surface area contributed by atoms with E-state index in [2.05, 4.69) is 5.32 Å². The molecule has 3 rings (SSSR count). The van der Waals surface area contributed by atoms with Gasteiger partial charge in [-0.1, -0.05) is 12.5 Å². The molecule has 2 unspecified atom stereocenters. The van der Waals surface area contributed by atoms with Crippen molar-refractivity contribution in [2.45, 2.75) is 44.7 Å². The second-order valence-corrected chi connectivity index (χ2v) is 6.88. The molecule has 1 aromatic rings. The molecule has 4 nitrogen and oxygen atoms in total. The maximum Gasteiger partial charge on any atom is 0.223 e. The van der Waals surface area contributed by atoms with Gasteiger partial charge in [0.25, 0.3) is 0 Å². The zero-order valence-corrected chi connectivity index (χ0v) is 13.6. The summed E-state index contributed by atoms with van der Waals surface area (Å²) in [5.41, 5.74) is 7.01. The van der Waals surface area contributed by atoms with Crippen LogP contribution in [0, 0.1) is 23.6 Å². The summed E-state index contributed by atoms with van der Waals surface area (Å²) in [4.78, 5) is 12.4. The fourth-order valence-electron chi connectivity index (χ4n) is 4.16. The lowest BCUT2D eigenvalue weighted by Gasteiger charge is -2.43. The number of amides is 1. The second-order valence-electron chi connectivity index (χ2n) is 6.88. The summed E-state index contributed by atoms with van der Waals surface area (Å²) in [7, 11) is 1.44. The number of hydrogen-bond acceptors (Lipinski definition) is 3. The first kappa shape index (κ1) is 16.2. The molecule has 3 N–H and O–H groups in total. The summed E-state index contributed by atoms with van der Waals surface area (Å²) < 4.78 is 18.6. The van der Waals surface area contributed by atoms with Gasteiger partial charge in [-0.05, 0) is 55.2 Å². The van der Waals surface area contributed by atoms with Gasteiger partial charge in [0.2, 0.25) is 5.91 Å². The van der Waals surface area contributed by atoms with E-state index in [9.17, 15) is 9.18 Å². The predicted molar refractivity (Wildman–Crippen MR) is 86.3 cm³/mol. The summed E-state index contributed by atoms with van der Waals surface area (Å²) in [5, 5.41) is 2.95. The molecule has 0 saturated heterocycles. The third kappa shape index (κ3) is 3.50. The Kier molecular flexibility index (Phi) is 4.85. The lowest BCUT2D eigenvalue weighted by atomic mass is 9.65. The highest BCUT2D eigenvalue weighted by Crippen LogP contribution is 2.41. The molecule has 2 fully saturated rings. The molecule has 23 heavy (non-hydrogen) atoms. The number of carbonyl (C=O) groups excluding carboxylic acids is 1. The van der Waals surface area contributed by atoms with Crippen molar-refractivity contribution in [1.82, 2.24) is 5.32 Å². The molecule has 2 atom stereocenters. The number of ether oxygens (including phenoxy) is 1. The van der Waals surface area contributed by atoms with Crippen LogP contribution >= 0.6 is 0 Å². The number of carbonyl (C=O) groups is 1. The molecule has 126 valence electrons.